The van der Waals surface area contributed by atoms with Crippen LogP contribution in [0, 0.1) is 0 Å². The molecular formula is C18H24N2. The van der Waals surface area contributed by atoms with Crippen LogP contribution in [0.1, 0.15) is 25.3 Å². The molecule has 106 valence electrons. The Morgan fingerprint density at radius 2 is 1.60 bits per heavy atom. The summed E-state index contributed by atoms with van der Waals surface area (Å²) in [5, 5.41) is 0. The van der Waals surface area contributed by atoms with E-state index < -0.39 is 0 Å². The van der Waals surface area contributed by atoms with Crippen LogP contribution in [-0.2, 0) is 6.42 Å². The lowest BCUT2D eigenvalue weighted by Gasteiger charge is -2.25. The predicted molar refractivity (Wildman–Crippen MR) is 88.1 cm³/mol. The summed E-state index contributed by atoms with van der Waals surface area (Å²) in [5.74, 6) is 0. The van der Waals surface area contributed by atoms with Crippen molar-refractivity contribution in [2.45, 2.75) is 26.2 Å². The summed E-state index contributed by atoms with van der Waals surface area (Å²) >= 11 is 0. The number of anilines is 2. The Morgan fingerprint density at radius 3 is 2.25 bits per heavy atom. The van der Waals surface area contributed by atoms with Crippen LogP contribution >= 0.6 is 0 Å². The van der Waals surface area contributed by atoms with Gasteiger partial charge in [0.05, 0.1) is 0 Å². The standard InChI is InChI=1S/C18H24N2/c1-2-3-14-20(18-7-5-4-6-8-18)15-13-16-9-11-17(19)12-10-16/h4-12H,2-3,13-15,19H2,1H3. The molecule has 0 amide bonds. The molecule has 0 saturated carbocycles. The van der Waals surface area contributed by atoms with Gasteiger partial charge >= 0.3 is 0 Å². The monoisotopic (exact) mass is 268 g/mol. The first-order chi connectivity index (χ1) is 9.79. The van der Waals surface area contributed by atoms with Crippen molar-refractivity contribution < 1.29 is 0 Å². The third-order valence-corrected chi connectivity index (χ3v) is 3.55. The van der Waals surface area contributed by atoms with Crippen LogP contribution in [0.2, 0.25) is 0 Å². The molecule has 0 bridgehead atoms. The van der Waals surface area contributed by atoms with E-state index in [9.17, 15) is 0 Å². The second-order valence-corrected chi connectivity index (χ2v) is 5.17. The van der Waals surface area contributed by atoms with E-state index >= 15 is 0 Å². The fourth-order valence-corrected chi connectivity index (χ4v) is 2.31. The summed E-state index contributed by atoms with van der Waals surface area (Å²) in [5.41, 5.74) is 9.22. The van der Waals surface area contributed by atoms with E-state index in [0.717, 1.165) is 25.2 Å². The van der Waals surface area contributed by atoms with Crippen molar-refractivity contribution in [2.75, 3.05) is 23.7 Å². The van der Waals surface area contributed by atoms with Crippen LogP contribution in [0.15, 0.2) is 54.6 Å². The van der Waals surface area contributed by atoms with E-state index in [0.29, 0.717) is 0 Å². The van der Waals surface area contributed by atoms with Crippen LogP contribution < -0.4 is 10.6 Å². The van der Waals surface area contributed by atoms with Crippen molar-refractivity contribution in [1.29, 1.82) is 0 Å². The largest absolute Gasteiger partial charge is 0.399 e. The molecule has 0 saturated heterocycles. The van der Waals surface area contributed by atoms with Crippen LogP contribution in [-0.4, -0.2) is 13.1 Å². The molecule has 2 rings (SSSR count). The minimum absolute atomic E-state index is 0.833. The molecule has 0 unspecified atom stereocenters. The van der Waals surface area contributed by atoms with Crippen LogP contribution in [0.25, 0.3) is 0 Å². The number of hydrogen-bond donors (Lipinski definition) is 1. The Morgan fingerprint density at radius 1 is 0.900 bits per heavy atom. The van der Waals surface area contributed by atoms with Gasteiger partial charge in [0.2, 0.25) is 0 Å². The number of unbranched alkanes of at least 4 members (excludes halogenated alkanes) is 1. The van der Waals surface area contributed by atoms with Gasteiger partial charge in [-0.15, -0.1) is 0 Å². The maximum atomic E-state index is 5.73. The Kier molecular flexibility index (Phi) is 5.48. The average Bonchev–Trinajstić information content (AvgIpc) is 2.50. The molecule has 0 aliphatic rings. The Hall–Kier alpha value is -1.96. The van der Waals surface area contributed by atoms with Gasteiger partial charge in [-0.1, -0.05) is 43.7 Å². The molecule has 20 heavy (non-hydrogen) atoms. The van der Waals surface area contributed by atoms with Crippen molar-refractivity contribution in [1.82, 2.24) is 0 Å². The molecule has 2 aromatic rings. The molecule has 2 heteroatoms. The fourth-order valence-electron chi connectivity index (χ4n) is 2.31. The summed E-state index contributed by atoms with van der Waals surface area (Å²) < 4.78 is 0. The zero-order valence-corrected chi connectivity index (χ0v) is 12.3. The third kappa shape index (κ3) is 4.30. The van der Waals surface area contributed by atoms with Gasteiger partial charge in [-0.2, -0.15) is 0 Å². The van der Waals surface area contributed by atoms with E-state index in [1.807, 2.05) is 12.1 Å². The van der Waals surface area contributed by atoms with Crippen LogP contribution in [0.3, 0.4) is 0 Å². The maximum Gasteiger partial charge on any atom is 0.0366 e. The summed E-state index contributed by atoms with van der Waals surface area (Å²) in [7, 11) is 0. The number of benzene rings is 2. The normalized spacial score (nSPS) is 10.4. The number of nitrogens with two attached hydrogens (primary N) is 1. The number of para-hydroxylation sites is 1. The molecular weight excluding hydrogens is 244 g/mol. The second-order valence-electron chi connectivity index (χ2n) is 5.17. The van der Waals surface area contributed by atoms with Gasteiger partial charge in [0.15, 0.2) is 0 Å². The molecule has 0 aliphatic carbocycles. The average molecular weight is 268 g/mol. The topological polar surface area (TPSA) is 29.3 Å². The Labute approximate surface area is 122 Å². The van der Waals surface area contributed by atoms with Crippen LogP contribution in [0.5, 0.6) is 0 Å². The highest BCUT2D eigenvalue weighted by Crippen LogP contribution is 2.15. The van der Waals surface area contributed by atoms with E-state index in [1.165, 1.54) is 24.1 Å². The lowest BCUT2D eigenvalue weighted by Crippen LogP contribution is -2.26. The molecule has 0 radical (unpaired) electrons. The maximum absolute atomic E-state index is 5.73. The van der Waals surface area contributed by atoms with Crippen molar-refractivity contribution >= 4 is 11.4 Å². The number of hydrogen-bond acceptors (Lipinski definition) is 2. The summed E-state index contributed by atoms with van der Waals surface area (Å²) in [6, 6.07) is 18.9. The lowest BCUT2D eigenvalue weighted by atomic mass is 10.1. The van der Waals surface area contributed by atoms with E-state index in [1.54, 1.807) is 0 Å². The first kappa shape index (κ1) is 14.4. The van der Waals surface area contributed by atoms with Gasteiger partial charge in [0, 0.05) is 24.5 Å². The number of nitrogen functional groups attached to an aromatic ring is 1. The van der Waals surface area contributed by atoms with Gasteiger partial charge in [0.25, 0.3) is 0 Å². The van der Waals surface area contributed by atoms with E-state index in [4.69, 9.17) is 5.73 Å². The highest BCUT2D eigenvalue weighted by molar-refractivity contribution is 5.46. The third-order valence-electron chi connectivity index (χ3n) is 3.55. The first-order valence-electron chi connectivity index (χ1n) is 7.44. The predicted octanol–water partition coefficient (Wildman–Crippen LogP) is 4.12. The molecule has 0 aliphatic heterocycles. The summed E-state index contributed by atoms with van der Waals surface area (Å²) in [6.45, 7) is 4.41. The second kappa shape index (κ2) is 7.59. The SMILES string of the molecule is CCCCN(CCc1ccc(N)cc1)c1ccccc1. The molecule has 2 N–H and O–H groups in total. The molecule has 0 spiro atoms. The molecule has 2 aromatic carbocycles. The van der Waals surface area contributed by atoms with Gasteiger partial charge in [-0.25, -0.2) is 0 Å². The quantitative estimate of drug-likeness (QED) is 0.765. The van der Waals surface area contributed by atoms with Crippen molar-refractivity contribution in [3.63, 3.8) is 0 Å². The lowest BCUT2D eigenvalue weighted by molar-refractivity contribution is 0.711. The Bertz CT molecular complexity index is 491. The van der Waals surface area contributed by atoms with E-state index in [2.05, 4.69) is 54.3 Å². The van der Waals surface area contributed by atoms with Gasteiger partial charge in [-0.05, 0) is 42.7 Å². The molecule has 0 fully saturated rings. The van der Waals surface area contributed by atoms with Gasteiger partial charge in [0.1, 0.15) is 0 Å². The smallest absolute Gasteiger partial charge is 0.0366 e. The minimum atomic E-state index is 0.833. The van der Waals surface area contributed by atoms with Gasteiger partial charge in [-0.3, -0.25) is 0 Å². The fraction of sp³-hybridized carbons (Fsp3) is 0.333. The van der Waals surface area contributed by atoms with E-state index in [-0.39, 0.29) is 0 Å². The van der Waals surface area contributed by atoms with Crippen molar-refractivity contribution in [2.24, 2.45) is 0 Å². The zero-order chi connectivity index (χ0) is 14.2. The highest BCUT2D eigenvalue weighted by Gasteiger charge is 2.05. The van der Waals surface area contributed by atoms with Crippen molar-refractivity contribution in [3.8, 4) is 0 Å². The highest BCUT2D eigenvalue weighted by atomic mass is 15.1. The van der Waals surface area contributed by atoms with Gasteiger partial charge < -0.3 is 10.6 Å². The minimum Gasteiger partial charge on any atom is -0.399 e. The molecule has 0 atom stereocenters. The number of nitrogens with zero attached hydrogens (tertiary/aromatic N) is 1. The summed E-state index contributed by atoms with van der Waals surface area (Å²) in [6.07, 6.45) is 3.51. The van der Waals surface area contributed by atoms with Crippen molar-refractivity contribution in [3.05, 3.63) is 60.2 Å². The molecule has 2 nitrogen and oxygen atoms in total. The Balaban J connectivity index is 1.99. The number of rotatable bonds is 7. The zero-order valence-electron chi connectivity index (χ0n) is 12.3. The summed E-state index contributed by atoms with van der Waals surface area (Å²) in [4.78, 5) is 2.47. The first-order valence-corrected chi connectivity index (χ1v) is 7.44. The molecule has 0 heterocycles. The van der Waals surface area contributed by atoms with Crippen LogP contribution in [0.4, 0.5) is 11.4 Å². The molecule has 0 aromatic heterocycles.